The fourth-order valence-electron chi connectivity index (χ4n) is 2.17. The Labute approximate surface area is 113 Å². The van der Waals surface area contributed by atoms with Crippen LogP contribution in [0, 0.1) is 12.3 Å². The summed E-state index contributed by atoms with van der Waals surface area (Å²) in [5.41, 5.74) is 1.69. The zero-order valence-electron chi connectivity index (χ0n) is 11.2. The molecule has 0 atom stereocenters. The van der Waals surface area contributed by atoms with Crippen LogP contribution >= 0.6 is 11.6 Å². The number of carbonyl (C=O) groups excluding carboxylic acids is 1. The lowest BCUT2D eigenvalue weighted by Crippen LogP contribution is -2.41. The van der Waals surface area contributed by atoms with Crippen LogP contribution in [0.15, 0.2) is 12.3 Å². The van der Waals surface area contributed by atoms with E-state index >= 15 is 0 Å². The van der Waals surface area contributed by atoms with E-state index in [0.717, 1.165) is 31.6 Å². The minimum absolute atomic E-state index is 0.00278. The molecular formula is C14H19ClN2O. The molecule has 0 spiro atoms. The van der Waals surface area contributed by atoms with E-state index in [9.17, 15) is 4.79 Å². The standard InChI is InChI=1S/C14H19ClN2O/c1-10-8-12(15)11(9-16-10)13(18)17-6-4-14(2,3)5-7-17/h8-9H,4-7H2,1-3H3. The van der Waals surface area contributed by atoms with Gasteiger partial charge in [-0.15, -0.1) is 0 Å². The first-order valence-corrected chi connectivity index (χ1v) is 6.68. The van der Waals surface area contributed by atoms with Gasteiger partial charge in [0.2, 0.25) is 0 Å². The third-order valence-electron chi connectivity index (χ3n) is 3.62. The fourth-order valence-corrected chi connectivity index (χ4v) is 2.46. The number of amides is 1. The first-order valence-electron chi connectivity index (χ1n) is 6.30. The summed E-state index contributed by atoms with van der Waals surface area (Å²) in [6, 6.07) is 1.74. The highest BCUT2D eigenvalue weighted by atomic mass is 35.5. The molecule has 3 nitrogen and oxygen atoms in total. The number of aromatic nitrogens is 1. The Balaban J connectivity index is 2.13. The molecule has 0 N–H and O–H groups in total. The van der Waals surface area contributed by atoms with Crippen LogP contribution in [0.25, 0.3) is 0 Å². The van der Waals surface area contributed by atoms with Crippen LogP contribution in [0.2, 0.25) is 5.02 Å². The molecule has 0 unspecified atom stereocenters. The topological polar surface area (TPSA) is 33.2 Å². The lowest BCUT2D eigenvalue weighted by molar-refractivity contribution is 0.0630. The highest BCUT2D eigenvalue weighted by Crippen LogP contribution is 2.30. The van der Waals surface area contributed by atoms with E-state index < -0.39 is 0 Å². The summed E-state index contributed by atoms with van der Waals surface area (Å²) in [5.74, 6) is 0.00278. The molecule has 2 heterocycles. The molecule has 1 aromatic rings. The highest BCUT2D eigenvalue weighted by molar-refractivity contribution is 6.33. The highest BCUT2D eigenvalue weighted by Gasteiger charge is 2.29. The zero-order chi connectivity index (χ0) is 13.3. The van der Waals surface area contributed by atoms with Crippen molar-refractivity contribution < 1.29 is 4.79 Å². The molecule has 1 amide bonds. The van der Waals surface area contributed by atoms with E-state index in [2.05, 4.69) is 18.8 Å². The molecule has 18 heavy (non-hydrogen) atoms. The van der Waals surface area contributed by atoms with Gasteiger partial charge in [0.25, 0.3) is 5.91 Å². The van der Waals surface area contributed by atoms with Crippen LogP contribution in [0.1, 0.15) is 42.7 Å². The van der Waals surface area contributed by atoms with Gasteiger partial charge in [0.05, 0.1) is 10.6 Å². The van der Waals surface area contributed by atoms with Crippen molar-refractivity contribution in [2.24, 2.45) is 5.41 Å². The summed E-state index contributed by atoms with van der Waals surface area (Å²) in [6.45, 7) is 7.96. The summed E-state index contributed by atoms with van der Waals surface area (Å²) in [6.07, 6.45) is 3.66. The fraction of sp³-hybridized carbons (Fsp3) is 0.571. The normalized spacial score (nSPS) is 18.8. The van der Waals surface area contributed by atoms with Crippen LogP contribution < -0.4 is 0 Å². The SMILES string of the molecule is Cc1cc(Cl)c(C(=O)N2CCC(C)(C)CC2)cn1. The van der Waals surface area contributed by atoms with Crippen LogP contribution in [-0.4, -0.2) is 28.9 Å². The molecule has 0 radical (unpaired) electrons. The number of carbonyl (C=O) groups is 1. The second-order valence-corrected chi connectivity index (χ2v) is 6.17. The molecule has 1 aliphatic heterocycles. The smallest absolute Gasteiger partial charge is 0.256 e. The van der Waals surface area contributed by atoms with E-state index in [1.165, 1.54) is 0 Å². The van der Waals surface area contributed by atoms with Gasteiger partial charge >= 0.3 is 0 Å². The van der Waals surface area contributed by atoms with Crippen molar-refractivity contribution in [3.63, 3.8) is 0 Å². The van der Waals surface area contributed by atoms with Crippen LogP contribution in [0.5, 0.6) is 0 Å². The van der Waals surface area contributed by atoms with Crippen LogP contribution in [-0.2, 0) is 0 Å². The Morgan fingerprint density at radius 2 is 2.00 bits per heavy atom. The van der Waals surface area contributed by atoms with Crippen molar-refractivity contribution in [1.29, 1.82) is 0 Å². The molecule has 98 valence electrons. The van der Waals surface area contributed by atoms with Crippen molar-refractivity contribution in [1.82, 2.24) is 9.88 Å². The van der Waals surface area contributed by atoms with Gasteiger partial charge in [-0.2, -0.15) is 0 Å². The van der Waals surface area contributed by atoms with Crippen molar-refractivity contribution >= 4 is 17.5 Å². The van der Waals surface area contributed by atoms with Gasteiger partial charge < -0.3 is 4.90 Å². The maximum Gasteiger partial charge on any atom is 0.256 e. The summed E-state index contributed by atoms with van der Waals surface area (Å²) in [5, 5.41) is 0.498. The van der Waals surface area contributed by atoms with Crippen LogP contribution in [0.4, 0.5) is 0 Å². The number of nitrogens with zero attached hydrogens (tertiary/aromatic N) is 2. The van der Waals surface area contributed by atoms with E-state index in [-0.39, 0.29) is 5.91 Å². The average Bonchev–Trinajstić information content (AvgIpc) is 2.28. The Bertz CT molecular complexity index is 461. The van der Waals surface area contributed by atoms with E-state index in [1.54, 1.807) is 12.3 Å². The third-order valence-corrected chi connectivity index (χ3v) is 3.94. The molecule has 2 rings (SSSR count). The lowest BCUT2D eigenvalue weighted by atomic mass is 9.82. The second-order valence-electron chi connectivity index (χ2n) is 5.76. The molecular weight excluding hydrogens is 248 g/mol. The maximum absolute atomic E-state index is 12.3. The lowest BCUT2D eigenvalue weighted by Gasteiger charge is -2.37. The molecule has 1 fully saturated rings. The molecule has 0 bridgehead atoms. The minimum Gasteiger partial charge on any atom is -0.339 e. The summed E-state index contributed by atoms with van der Waals surface area (Å²) >= 11 is 6.11. The van der Waals surface area contributed by atoms with Crippen molar-refractivity contribution in [2.45, 2.75) is 33.6 Å². The largest absolute Gasteiger partial charge is 0.339 e. The van der Waals surface area contributed by atoms with Gasteiger partial charge in [-0.3, -0.25) is 9.78 Å². The van der Waals surface area contributed by atoms with E-state index in [4.69, 9.17) is 11.6 Å². The summed E-state index contributed by atoms with van der Waals surface area (Å²) in [7, 11) is 0. The summed E-state index contributed by atoms with van der Waals surface area (Å²) < 4.78 is 0. The third kappa shape index (κ3) is 2.83. The monoisotopic (exact) mass is 266 g/mol. The van der Waals surface area contributed by atoms with Crippen LogP contribution in [0.3, 0.4) is 0 Å². The van der Waals surface area contributed by atoms with Crippen molar-refractivity contribution in [3.8, 4) is 0 Å². The Kier molecular flexibility index (Phi) is 3.62. The van der Waals surface area contributed by atoms with Gasteiger partial charge in [0.15, 0.2) is 0 Å². The quantitative estimate of drug-likeness (QED) is 0.781. The van der Waals surface area contributed by atoms with Gasteiger partial charge in [-0.25, -0.2) is 0 Å². The number of pyridine rings is 1. The van der Waals surface area contributed by atoms with Gasteiger partial charge in [-0.05, 0) is 31.2 Å². The predicted octanol–water partition coefficient (Wildman–Crippen LogP) is 3.31. The Hall–Kier alpha value is -1.09. The molecule has 1 saturated heterocycles. The predicted molar refractivity (Wildman–Crippen MR) is 72.9 cm³/mol. The number of hydrogen-bond donors (Lipinski definition) is 0. The molecule has 1 aliphatic rings. The number of piperidine rings is 1. The molecule has 0 aromatic carbocycles. The number of likely N-dealkylation sites (tertiary alicyclic amines) is 1. The van der Waals surface area contributed by atoms with Gasteiger partial charge in [-0.1, -0.05) is 25.4 Å². The second kappa shape index (κ2) is 4.88. The minimum atomic E-state index is 0.00278. The number of hydrogen-bond acceptors (Lipinski definition) is 2. The molecule has 1 aromatic heterocycles. The Morgan fingerprint density at radius 3 is 2.56 bits per heavy atom. The molecule has 0 saturated carbocycles. The average molecular weight is 267 g/mol. The summed E-state index contributed by atoms with van der Waals surface area (Å²) in [4.78, 5) is 18.4. The van der Waals surface area contributed by atoms with E-state index in [1.807, 2.05) is 11.8 Å². The van der Waals surface area contributed by atoms with Crippen molar-refractivity contribution in [2.75, 3.05) is 13.1 Å². The van der Waals surface area contributed by atoms with Crippen molar-refractivity contribution in [3.05, 3.63) is 28.5 Å². The zero-order valence-corrected chi connectivity index (χ0v) is 11.9. The number of halogens is 1. The van der Waals surface area contributed by atoms with Gasteiger partial charge in [0.1, 0.15) is 0 Å². The number of aryl methyl sites for hydroxylation is 1. The van der Waals surface area contributed by atoms with Gasteiger partial charge in [0, 0.05) is 25.0 Å². The van der Waals surface area contributed by atoms with E-state index in [0.29, 0.717) is 16.0 Å². The maximum atomic E-state index is 12.3. The molecule has 0 aliphatic carbocycles. The Morgan fingerprint density at radius 1 is 1.39 bits per heavy atom. The molecule has 4 heteroatoms. The number of rotatable bonds is 1. The first kappa shape index (κ1) is 13.3. The first-order chi connectivity index (χ1) is 8.39.